The fourth-order valence-electron chi connectivity index (χ4n) is 0.401. The molecule has 0 aliphatic carbocycles. The molecule has 8 heavy (non-hydrogen) atoms. The molecule has 0 N–H and O–H groups in total. The smallest absolute Gasteiger partial charge is 0.0466 e. The predicted octanol–water partition coefficient (Wildman–Crippen LogP) is 1.86. The van der Waals surface area contributed by atoms with Crippen molar-refractivity contribution in [2.45, 2.75) is 12.8 Å². The topological polar surface area (TPSA) is 9.23 Å². The van der Waals surface area contributed by atoms with E-state index in [0.29, 0.717) is 6.61 Å². The summed E-state index contributed by atoms with van der Waals surface area (Å²) in [6.07, 6.45) is 2.10. The maximum atomic E-state index is 5.41. The van der Waals surface area contributed by atoms with Crippen LogP contribution in [0.2, 0.25) is 0 Å². The Balaban J connectivity index is 2.53. The van der Waals surface area contributed by atoms with E-state index in [1.54, 1.807) is 0 Å². The zero-order valence-electron chi connectivity index (χ0n) is 5.03. The summed E-state index contributed by atoms with van der Waals surface area (Å²) in [6.45, 7) is 4.90. The van der Waals surface area contributed by atoms with Crippen LogP contribution >= 0.6 is 11.6 Å². The Hall–Kier alpha value is 0.250. The molecule has 0 amide bonds. The molecule has 0 aliphatic rings. The van der Waals surface area contributed by atoms with Crippen LogP contribution < -0.4 is 0 Å². The van der Waals surface area contributed by atoms with Crippen molar-refractivity contribution in [3.63, 3.8) is 0 Å². The Morgan fingerprint density at radius 2 is 2.12 bits per heavy atom. The second-order valence-electron chi connectivity index (χ2n) is 1.51. The fraction of sp³-hybridized carbons (Fsp3) is 0.833. The predicted molar refractivity (Wildman–Crippen MR) is 36.1 cm³/mol. The molecule has 0 heterocycles. The lowest BCUT2D eigenvalue weighted by molar-refractivity contribution is 0.158. The second-order valence-corrected chi connectivity index (χ2v) is 1.89. The third kappa shape index (κ3) is 6.25. The van der Waals surface area contributed by atoms with Crippen molar-refractivity contribution >= 4 is 11.6 Å². The Morgan fingerprint density at radius 3 is 2.62 bits per heavy atom. The van der Waals surface area contributed by atoms with Gasteiger partial charge in [0.1, 0.15) is 0 Å². The summed E-state index contributed by atoms with van der Waals surface area (Å²) in [5, 5.41) is 0. The van der Waals surface area contributed by atoms with Gasteiger partial charge in [-0.2, -0.15) is 0 Å². The quantitative estimate of drug-likeness (QED) is 0.413. The van der Waals surface area contributed by atoms with Crippen molar-refractivity contribution < 1.29 is 4.74 Å². The highest BCUT2D eigenvalue weighted by atomic mass is 35.5. The van der Waals surface area contributed by atoms with Crippen LogP contribution in [0.5, 0.6) is 0 Å². The van der Waals surface area contributed by atoms with Crippen molar-refractivity contribution in [3.8, 4) is 0 Å². The molecule has 2 heteroatoms. The van der Waals surface area contributed by atoms with E-state index in [0.717, 1.165) is 25.3 Å². The molecule has 0 saturated carbocycles. The SMILES string of the molecule is [CH2]COCCCCCl. The first kappa shape index (κ1) is 8.25. The van der Waals surface area contributed by atoms with Gasteiger partial charge in [0, 0.05) is 19.1 Å². The van der Waals surface area contributed by atoms with E-state index in [4.69, 9.17) is 16.3 Å². The first-order valence-electron chi connectivity index (χ1n) is 2.84. The number of ether oxygens (including phenoxy) is 1. The standard InChI is InChI=1S/C6H12ClO/c1-2-8-6-4-3-5-7/h1-6H2. The highest BCUT2D eigenvalue weighted by Gasteiger charge is 1.83. The van der Waals surface area contributed by atoms with Gasteiger partial charge in [-0.1, -0.05) is 0 Å². The molecule has 0 rings (SSSR count). The highest BCUT2D eigenvalue weighted by Crippen LogP contribution is 1.91. The van der Waals surface area contributed by atoms with Gasteiger partial charge in [0.25, 0.3) is 0 Å². The summed E-state index contributed by atoms with van der Waals surface area (Å²) in [5.74, 6) is 0.737. The number of hydrogen-bond acceptors (Lipinski definition) is 1. The van der Waals surface area contributed by atoms with E-state index >= 15 is 0 Å². The zero-order valence-corrected chi connectivity index (χ0v) is 5.78. The van der Waals surface area contributed by atoms with Crippen LogP contribution in [-0.4, -0.2) is 19.1 Å². The molecule has 0 spiro atoms. The minimum absolute atomic E-state index is 0.572. The van der Waals surface area contributed by atoms with E-state index in [2.05, 4.69) is 6.92 Å². The van der Waals surface area contributed by atoms with Gasteiger partial charge in [-0.05, 0) is 19.8 Å². The molecule has 0 aromatic heterocycles. The van der Waals surface area contributed by atoms with E-state index < -0.39 is 0 Å². The Kier molecular flexibility index (Phi) is 7.48. The molecular formula is C6H12ClO. The molecule has 49 valence electrons. The van der Waals surface area contributed by atoms with Crippen molar-refractivity contribution in [1.29, 1.82) is 0 Å². The van der Waals surface area contributed by atoms with E-state index in [9.17, 15) is 0 Å². The molecule has 0 fully saturated rings. The third-order valence-corrected chi connectivity index (χ3v) is 1.08. The van der Waals surface area contributed by atoms with E-state index in [1.807, 2.05) is 0 Å². The largest absolute Gasteiger partial charge is 0.381 e. The third-order valence-electron chi connectivity index (χ3n) is 0.817. The maximum Gasteiger partial charge on any atom is 0.0466 e. The van der Waals surface area contributed by atoms with Gasteiger partial charge in [-0.3, -0.25) is 0 Å². The molecule has 0 saturated heterocycles. The first-order chi connectivity index (χ1) is 3.91. The van der Waals surface area contributed by atoms with Gasteiger partial charge in [0.05, 0.1) is 0 Å². The van der Waals surface area contributed by atoms with Crippen LogP contribution in [0, 0.1) is 6.92 Å². The summed E-state index contributed by atoms with van der Waals surface area (Å²) < 4.78 is 4.97. The molecule has 0 unspecified atom stereocenters. The number of rotatable bonds is 5. The van der Waals surface area contributed by atoms with Crippen molar-refractivity contribution in [3.05, 3.63) is 6.92 Å². The van der Waals surface area contributed by atoms with Gasteiger partial charge < -0.3 is 4.74 Å². The normalized spacial score (nSPS) is 9.75. The zero-order chi connectivity index (χ0) is 6.24. The highest BCUT2D eigenvalue weighted by molar-refractivity contribution is 6.17. The van der Waals surface area contributed by atoms with Crippen LogP contribution in [0.3, 0.4) is 0 Å². The monoisotopic (exact) mass is 135 g/mol. The minimum Gasteiger partial charge on any atom is -0.381 e. The lowest BCUT2D eigenvalue weighted by Gasteiger charge is -1.96. The summed E-state index contributed by atoms with van der Waals surface area (Å²) in [4.78, 5) is 0. The average Bonchev–Trinajstić information content (AvgIpc) is 1.81. The van der Waals surface area contributed by atoms with Crippen LogP contribution in [0.4, 0.5) is 0 Å². The lowest BCUT2D eigenvalue weighted by Crippen LogP contribution is -1.92. The molecule has 1 radical (unpaired) electrons. The van der Waals surface area contributed by atoms with Gasteiger partial charge in [-0.15, -0.1) is 11.6 Å². The maximum absolute atomic E-state index is 5.41. The molecule has 1 nitrogen and oxygen atoms in total. The molecule has 0 atom stereocenters. The van der Waals surface area contributed by atoms with Crippen LogP contribution in [0.1, 0.15) is 12.8 Å². The van der Waals surface area contributed by atoms with Gasteiger partial charge in [-0.25, -0.2) is 0 Å². The Bertz CT molecular complexity index is 33.5. The van der Waals surface area contributed by atoms with E-state index in [1.165, 1.54) is 0 Å². The summed E-state index contributed by atoms with van der Waals surface area (Å²) in [5.41, 5.74) is 0. The van der Waals surface area contributed by atoms with Gasteiger partial charge in [0.15, 0.2) is 0 Å². The van der Waals surface area contributed by atoms with Crippen molar-refractivity contribution in [1.82, 2.24) is 0 Å². The number of halogens is 1. The second kappa shape index (κ2) is 7.25. The van der Waals surface area contributed by atoms with E-state index in [-0.39, 0.29) is 0 Å². The lowest BCUT2D eigenvalue weighted by atomic mass is 10.4. The molecule has 0 aromatic rings. The molecule has 0 aliphatic heterocycles. The fourth-order valence-corrected chi connectivity index (χ4v) is 0.590. The van der Waals surface area contributed by atoms with Crippen LogP contribution in [-0.2, 0) is 4.74 Å². The summed E-state index contributed by atoms with van der Waals surface area (Å²) >= 11 is 5.41. The average molecular weight is 136 g/mol. The molecule has 0 aromatic carbocycles. The minimum atomic E-state index is 0.572. The van der Waals surface area contributed by atoms with Crippen LogP contribution in [0.15, 0.2) is 0 Å². The summed E-state index contributed by atoms with van der Waals surface area (Å²) in [6, 6.07) is 0. The molecular weight excluding hydrogens is 124 g/mol. The van der Waals surface area contributed by atoms with Crippen molar-refractivity contribution in [2.24, 2.45) is 0 Å². The number of alkyl halides is 1. The van der Waals surface area contributed by atoms with Crippen LogP contribution in [0.25, 0.3) is 0 Å². The Labute approximate surface area is 56.0 Å². The molecule has 0 bridgehead atoms. The van der Waals surface area contributed by atoms with Crippen molar-refractivity contribution in [2.75, 3.05) is 19.1 Å². The summed E-state index contributed by atoms with van der Waals surface area (Å²) in [7, 11) is 0. The Morgan fingerprint density at radius 1 is 1.38 bits per heavy atom. The van der Waals surface area contributed by atoms with Gasteiger partial charge >= 0.3 is 0 Å². The number of hydrogen-bond donors (Lipinski definition) is 0. The van der Waals surface area contributed by atoms with Gasteiger partial charge in [0.2, 0.25) is 0 Å². The first-order valence-corrected chi connectivity index (χ1v) is 3.38. The number of unbranched alkanes of at least 4 members (excludes halogenated alkanes) is 1.